The van der Waals surface area contributed by atoms with Gasteiger partial charge in [-0.25, -0.2) is 4.79 Å². The Bertz CT molecular complexity index is 230. The maximum absolute atomic E-state index is 10.7. The highest BCUT2D eigenvalue weighted by molar-refractivity contribution is 5.86. The maximum Gasteiger partial charge on any atom is 0.331 e. The molecule has 0 aromatic rings. The SMILES string of the molecule is CCC(=CCNC(C)(CC)CC)C(=O)O. The number of carboxylic acids is 1. The van der Waals surface area contributed by atoms with Crippen LogP contribution in [0.3, 0.4) is 0 Å². The molecule has 0 fully saturated rings. The van der Waals surface area contributed by atoms with E-state index in [2.05, 4.69) is 26.1 Å². The van der Waals surface area contributed by atoms with Crippen molar-refractivity contribution in [3.05, 3.63) is 11.6 Å². The van der Waals surface area contributed by atoms with Crippen LogP contribution in [0.25, 0.3) is 0 Å². The van der Waals surface area contributed by atoms with Gasteiger partial charge in [-0.1, -0.05) is 26.8 Å². The second-order valence-electron chi connectivity index (χ2n) is 4.04. The zero-order valence-corrected chi connectivity index (χ0v) is 10.3. The Morgan fingerprint density at radius 3 is 2.20 bits per heavy atom. The predicted molar refractivity (Wildman–Crippen MR) is 63.0 cm³/mol. The summed E-state index contributed by atoms with van der Waals surface area (Å²) in [4.78, 5) is 10.7. The summed E-state index contributed by atoms with van der Waals surface area (Å²) in [5, 5.41) is 12.2. The highest BCUT2D eigenvalue weighted by atomic mass is 16.4. The second-order valence-corrected chi connectivity index (χ2v) is 4.04. The molecule has 2 N–H and O–H groups in total. The summed E-state index contributed by atoms with van der Waals surface area (Å²) in [6.07, 6.45) is 4.44. The third-order valence-electron chi connectivity index (χ3n) is 3.09. The lowest BCUT2D eigenvalue weighted by molar-refractivity contribution is -0.132. The van der Waals surface area contributed by atoms with Gasteiger partial charge in [0.1, 0.15) is 0 Å². The molecule has 0 saturated heterocycles. The summed E-state index contributed by atoms with van der Waals surface area (Å²) in [7, 11) is 0. The molecule has 3 nitrogen and oxygen atoms in total. The van der Waals surface area contributed by atoms with Crippen molar-refractivity contribution in [3.8, 4) is 0 Å². The quantitative estimate of drug-likeness (QED) is 0.639. The first-order valence-electron chi connectivity index (χ1n) is 5.66. The van der Waals surface area contributed by atoms with E-state index < -0.39 is 5.97 Å². The van der Waals surface area contributed by atoms with Gasteiger partial charge in [-0.05, 0) is 26.2 Å². The summed E-state index contributed by atoms with van der Waals surface area (Å²) in [6, 6.07) is 0. The minimum atomic E-state index is -0.811. The van der Waals surface area contributed by atoms with Crippen LogP contribution in [0.15, 0.2) is 11.6 Å². The fourth-order valence-corrected chi connectivity index (χ4v) is 1.30. The number of aliphatic carboxylic acids is 1. The van der Waals surface area contributed by atoms with Gasteiger partial charge < -0.3 is 10.4 Å². The van der Waals surface area contributed by atoms with Crippen molar-refractivity contribution in [1.29, 1.82) is 0 Å². The molecule has 0 aliphatic rings. The second kappa shape index (κ2) is 6.62. The number of rotatable bonds is 7. The van der Waals surface area contributed by atoms with E-state index in [0.717, 1.165) is 12.8 Å². The van der Waals surface area contributed by atoms with Gasteiger partial charge in [-0.2, -0.15) is 0 Å². The fourth-order valence-electron chi connectivity index (χ4n) is 1.30. The molecule has 3 heteroatoms. The Morgan fingerprint density at radius 1 is 1.33 bits per heavy atom. The summed E-state index contributed by atoms with van der Waals surface area (Å²) in [5.74, 6) is -0.811. The summed E-state index contributed by atoms with van der Waals surface area (Å²) >= 11 is 0. The van der Waals surface area contributed by atoms with E-state index in [9.17, 15) is 4.79 Å². The lowest BCUT2D eigenvalue weighted by atomic mass is 9.95. The molecule has 0 saturated carbocycles. The molecule has 88 valence electrons. The average molecular weight is 213 g/mol. The van der Waals surface area contributed by atoms with Crippen molar-refractivity contribution in [2.24, 2.45) is 0 Å². The van der Waals surface area contributed by atoms with Crippen LogP contribution >= 0.6 is 0 Å². The summed E-state index contributed by atoms with van der Waals surface area (Å²) in [6.45, 7) is 8.93. The maximum atomic E-state index is 10.7. The molecule has 0 aromatic heterocycles. The topological polar surface area (TPSA) is 49.3 Å². The molecule has 15 heavy (non-hydrogen) atoms. The minimum Gasteiger partial charge on any atom is -0.478 e. The molecule has 0 bridgehead atoms. The first kappa shape index (κ1) is 14.2. The average Bonchev–Trinajstić information content (AvgIpc) is 2.23. The van der Waals surface area contributed by atoms with E-state index >= 15 is 0 Å². The fraction of sp³-hybridized carbons (Fsp3) is 0.750. The Morgan fingerprint density at radius 2 is 1.87 bits per heavy atom. The Balaban J connectivity index is 4.21. The van der Waals surface area contributed by atoms with E-state index in [4.69, 9.17) is 5.11 Å². The van der Waals surface area contributed by atoms with E-state index in [1.807, 2.05) is 6.92 Å². The number of carbonyl (C=O) groups is 1. The number of nitrogens with one attached hydrogen (secondary N) is 1. The summed E-state index contributed by atoms with van der Waals surface area (Å²) < 4.78 is 0. The van der Waals surface area contributed by atoms with Crippen molar-refractivity contribution >= 4 is 5.97 Å². The number of carboxylic acid groups (broad SMARTS) is 1. The molecule has 0 heterocycles. The first-order valence-corrected chi connectivity index (χ1v) is 5.66. The van der Waals surface area contributed by atoms with Gasteiger partial charge in [-0.3, -0.25) is 0 Å². The minimum absolute atomic E-state index is 0.119. The third kappa shape index (κ3) is 4.98. The molecule has 0 rings (SSSR count). The molecule has 0 aliphatic heterocycles. The van der Waals surface area contributed by atoms with Crippen LogP contribution in [0.1, 0.15) is 47.0 Å². The largest absolute Gasteiger partial charge is 0.478 e. The highest BCUT2D eigenvalue weighted by Gasteiger charge is 2.17. The van der Waals surface area contributed by atoms with Gasteiger partial charge in [0.05, 0.1) is 0 Å². The van der Waals surface area contributed by atoms with Crippen LogP contribution in [0.5, 0.6) is 0 Å². The van der Waals surface area contributed by atoms with Crippen LogP contribution in [-0.2, 0) is 4.79 Å². The first-order chi connectivity index (χ1) is 6.99. The molecule has 0 atom stereocenters. The Kier molecular flexibility index (Phi) is 6.25. The van der Waals surface area contributed by atoms with Crippen molar-refractivity contribution in [2.45, 2.75) is 52.5 Å². The third-order valence-corrected chi connectivity index (χ3v) is 3.09. The standard InChI is InChI=1S/C12H23NO2/c1-5-10(11(14)15)8-9-13-12(4,6-2)7-3/h8,13H,5-7,9H2,1-4H3,(H,14,15). The van der Waals surface area contributed by atoms with Gasteiger partial charge in [0.15, 0.2) is 0 Å². The van der Waals surface area contributed by atoms with Crippen LogP contribution in [0.4, 0.5) is 0 Å². The number of hydrogen-bond donors (Lipinski definition) is 2. The van der Waals surface area contributed by atoms with Crippen LogP contribution in [-0.4, -0.2) is 23.2 Å². The zero-order valence-electron chi connectivity index (χ0n) is 10.3. The van der Waals surface area contributed by atoms with E-state index in [1.54, 1.807) is 6.08 Å². The van der Waals surface area contributed by atoms with Crippen LogP contribution < -0.4 is 5.32 Å². The summed E-state index contributed by atoms with van der Waals surface area (Å²) in [5.41, 5.74) is 0.602. The lowest BCUT2D eigenvalue weighted by Crippen LogP contribution is -2.41. The zero-order chi connectivity index (χ0) is 11.9. The smallest absolute Gasteiger partial charge is 0.331 e. The molecule has 0 aliphatic carbocycles. The van der Waals surface area contributed by atoms with Crippen molar-refractivity contribution in [2.75, 3.05) is 6.54 Å². The Labute approximate surface area is 92.6 Å². The van der Waals surface area contributed by atoms with Crippen molar-refractivity contribution in [3.63, 3.8) is 0 Å². The molecule has 0 spiro atoms. The van der Waals surface area contributed by atoms with Crippen LogP contribution in [0.2, 0.25) is 0 Å². The van der Waals surface area contributed by atoms with E-state index in [0.29, 0.717) is 18.5 Å². The molecule has 0 unspecified atom stereocenters. The Hall–Kier alpha value is -0.830. The van der Waals surface area contributed by atoms with Crippen LogP contribution in [0, 0.1) is 0 Å². The normalized spacial score (nSPS) is 12.9. The highest BCUT2D eigenvalue weighted by Crippen LogP contribution is 2.13. The predicted octanol–water partition coefficient (Wildman–Crippen LogP) is 2.58. The van der Waals surface area contributed by atoms with Gasteiger partial charge in [0.25, 0.3) is 0 Å². The van der Waals surface area contributed by atoms with Gasteiger partial charge >= 0.3 is 5.97 Å². The molecule has 0 radical (unpaired) electrons. The number of hydrogen-bond acceptors (Lipinski definition) is 2. The van der Waals surface area contributed by atoms with E-state index in [1.165, 1.54) is 0 Å². The van der Waals surface area contributed by atoms with Crippen molar-refractivity contribution in [1.82, 2.24) is 5.32 Å². The van der Waals surface area contributed by atoms with Gasteiger partial charge in [0, 0.05) is 17.7 Å². The van der Waals surface area contributed by atoms with Crippen molar-refractivity contribution < 1.29 is 9.90 Å². The molecular weight excluding hydrogens is 190 g/mol. The van der Waals surface area contributed by atoms with E-state index in [-0.39, 0.29) is 5.54 Å². The molecule has 0 amide bonds. The monoisotopic (exact) mass is 213 g/mol. The van der Waals surface area contributed by atoms with Gasteiger partial charge in [-0.15, -0.1) is 0 Å². The molecular formula is C12H23NO2. The lowest BCUT2D eigenvalue weighted by Gasteiger charge is -2.27. The molecule has 0 aromatic carbocycles. The van der Waals surface area contributed by atoms with Gasteiger partial charge in [0.2, 0.25) is 0 Å².